The van der Waals surface area contributed by atoms with E-state index < -0.39 is 5.82 Å². The Kier molecular flexibility index (Phi) is 4.83. The maximum Gasteiger partial charge on any atom is 0.222 e. The second-order valence-electron chi connectivity index (χ2n) is 6.01. The second-order valence-corrected chi connectivity index (χ2v) is 6.01. The van der Waals surface area contributed by atoms with Crippen LogP contribution in [0.25, 0.3) is 0 Å². The van der Waals surface area contributed by atoms with Crippen molar-refractivity contribution in [1.82, 2.24) is 4.90 Å². The van der Waals surface area contributed by atoms with Gasteiger partial charge >= 0.3 is 0 Å². The van der Waals surface area contributed by atoms with Gasteiger partial charge in [0.05, 0.1) is 7.11 Å². The van der Waals surface area contributed by atoms with Gasteiger partial charge in [-0.15, -0.1) is 0 Å². The molecule has 1 fully saturated rings. The van der Waals surface area contributed by atoms with Crippen LogP contribution in [0.3, 0.4) is 0 Å². The minimum Gasteiger partial charge on any atom is -0.494 e. The minimum atomic E-state index is -0.432. The van der Waals surface area contributed by atoms with E-state index >= 15 is 0 Å². The number of nitrogens with zero attached hydrogens (tertiary/aromatic N) is 1. The second kappa shape index (κ2) is 6.43. The zero-order valence-electron chi connectivity index (χ0n) is 12.8. The number of carbonyl (C=O) groups excluding carboxylic acids is 1. The van der Waals surface area contributed by atoms with E-state index in [9.17, 15) is 9.18 Å². The van der Waals surface area contributed by atoms with Crippen LogP contribution < -0.4 is 10.5 Å². The Hall–Kier alpha value is -1.62. The van der Waals surface area contributed by atoms with Crippen molar-refractivity contribution in [2.75, 3.05) is 20.2 Å². The third-order valence-electron chi connectivity index (χ3n) is 4.21. The Balaban J connectivity index is 2.03. The van der Waals surface area contributed by atoms with Gasteiger partial charge in [-0.2, -0.15) is 0 Å². The topological polar surface area (TPSA) is 55.6 Å². The molecule has 0 saturated carbocycles. The van der Waals surface area contributed by atoms with E-state index in [-0.39, 0.29) is 17.7 Å². The van der Waals surface area contributed by atoms with Crippen LogP contribution in [0.2, 0.25) is 0 Å². The highest BCUT2D eigenvalue weighted by atomic mass is 19.1. The highest BCUT2D eigenvalue weighted by Crippen LogP contribution is 2.27. The van der Waals surface area contributed by atoms with Crippen LogP contribution in [0.1, 0.15) is 31.9 Å². The Bertz CT molecular complexity index is 519. The zero-order valence-corrected chi connectivity index (χ0v) is 12.8. The van der Waals surface area contributed by atoms with Crippen molar-refractivity contribution in [3.8, 4) is 5.75 Å². The fourth-order valence-electron chi connectivity index (χ4n) is 2.68. The Morgan fingerprint density at radius 2 is 2.19 bits per heavy atom. The highest BCUT2D eigenvalue weighted by molar-refractivity contribution is 5.78. The summed E-state index contributed by atoms with van der Waals surface area (Å²) in [6, 6.07) is 4.30. The average molecular weight is 294 g/mol. The van der Waals surface area contributed by atoms with Gasteiger partial charge in [-0.25, -0.2) is 4.39 Å². The lowest BCUT2D eigenvalue weighted by Crippen LogP contribution is -2.33. The number of nitrogens with two attached hydrogens (primary N) is 1. The van der Waals surface area contributed by atoms with E-state index in [4.69, 9.17) is 10.5 Å². The highest BCUT2D eigenvalue weighted by Gasteiger charge is 2.32. The maximum absolute atomic E-state index is 13.7. The normalized spacial score (nSPS) is 20.2. The molecule has 1 heterocycles. The first-order valence-electron chi connectivity index (χ1n) is 7.29. The Labute approximate surface area is 125 Å². The van der Waals surface area contributed by atoms with Gasteiger partial charge in [-0.1, -0.05) is 19.9 Å². The van der Waals surface area contributed by atoms with Crippen molar-refractivity contribution in [1.29, 1.82) is 0 Å². The third-order valence-corrected chi connectivity index (χ3v) is 4.21. The quantitative estimate of drug-likeness (QED) is 0.907. The van der Waals surface area contributed by atoms with Crippen LogP contribution in [0.4, 0.5) is 4.39 Å². The van der Waals surface area contributed by atoms with Crippen molar-refractivity contribution in [3.05, 3.63) is 29.6 Å². The monoisotopic (exact) mass is 294 g/mol. The van der Waals surface area contributed by atoms with Crippen molar-refractivity contribution >= 4 is 5.91 Å². The average Bonchev–Trinajstić information content (AvgIpc) is 2.80. The van der Waals surface area contributed by atoms with Gasteiger partial charge in [0, 0.05) is 25.6 Å². The molecule has 1 aliphatic rings. The fraction of sp³-hybridized carbons (Fsp3) is 0.562. The van der Waals surface area contributed by atoms with E-state index in [2.05, 4.69) is 13.8 Å². The number of benzene rings is 1. The number of carbonyl (C=O) groups is 1. The van der Waals surface area contributed by atoms with Crippen molar-refractivity contribution in [2.24, 2.45) is 17.6 Å². The number of amides is 1. The van der Waals surface area contributed by atoms with Gasteiger partial charge in [0.2, 0.25) is 5.91 Å². The molecular weight excluding hydrogens is 271 g/mol. The number of rotatable bonds is 5. The van der Waals surface area contributed by atoms with Crippen molar-refractivity contribution in [3.63, 3.8) is 0 Å². The summed E-state index contributed by atoms with van der Waals surface area (Å²) in [5.74, 6) is 0.769. The van der Waals surface area contributed by atoms with Gasteiger partial charge < -0.3 is 15.4 Å². The number of likely N-dealkylation sites (tertiary alicyclic amines) is 1. The SMILES string of the molecule is COc1ccc(C(N)CN2CC(C(C)C)CC2=O)cc1F. The summed E-state index contributed by atoms with van der Waals surface area (Å²) in [5.41, 5.74) is 6.79. The maximum atomic E-state index is 13.7. The number of hydrogen-bond acceptors (Lipinski definition) is 3. The predicted molar refractivity (Wildman–Crippen MR) is 79.4 cm³/mol. The van der Waals surface area contributed by atoms with Crippen molar-refractivity contribution < 1.29 is 13.9 Å². The molecule has 21 heavy (non-hydrogen) atoms. The smallest absolute Gasteiger partial charge is 0.222 e. The summed E-state index contributed by atoms with van der Waals surface area (Å²) in [6.45, 7) is 5.41. The summed E-state index contributed by atoms with van der Waals surface area (Å²) in [5, 5.41) is 0. The minimum absolute atomic E-state index is 0.137. The van der Waals surface area contributed by atoms with Gasteiger partial charge in [-0.3, -0.25) is 4.79 Å². The standard InChI is InChI=1S/C16H23FN2O2/c1-10(2)12-7-16(20)19(8-12)9-14(18)11-4-5-15(21-3)13(17)6-11/h4-6,10,12,14H,7-9,18H2,1-3H3. The molecule has 0 aliphatic carbocycles. The molecule has 1 aromatic carbocycles. The summed E-state index contributed by atoms with van der Waals surface area (Å²) in [6.07, 6.45) is 0.585. The van der Waals surface area contributed by atoms with Gasteiger partial charge in [0.1, 0.15) is 0 Å². The molecule has 2 unspecified atom stereocenters. The number of hydrogen-bond donors (Lipinski definition) is 1. The molecule has 4 nitrogen and oxygen atoms in total. The molecule has 2 atom stereocenters. The van der Waals surface area contributed by atoms with Crippen LogP contribution in [0.15, 0.2) is 18.2 Å². The molecule has 1 aromatic rings. The molecule has 0 radical (unpaired) electrons. The number of methoxy groups -OCH3 is 1. The molecular formula is C16H23FN2O2. The Morgan fingerprint density at radius 1 is 1.48 bits per heavy atom. The lowest BCUT2D eigenvalue weighted by Gasteiger charge is -2.22. The lowest BCUT2D eigenvalue weighted by atomic mass is 9.95. The van der Waals surface area contributed by atoms with Crippen LogP contribution in [-0.4, -0.2) is 31.0 Å². The molecule has 1 aliphatic heterocycles. The summed E-state index contributed by atoms with van der Waals surface area (Å²) < 4.78 is 18.6. The number of ether oxygens (including phenoxy) is 1. The molecule has 116 valence electrons. The van der Waals surface area contributed by atoms with Gasteiger partial charge in [0.25, 0.3) is 0 Å². The van der Waals surface area contributed by atoms with E-state index in [0.29, 0.717) is 30.4 Å². The largest absolute Gasteiger partial charge is 0.494 e. The zero-order chi connectivity index (χ0) is 15.6. The number of halogens is 1. The molecule has 1 amide bonds. The molecule has 0 spiro atoms. The molecule has 0 aromatic heterocycles. The summed E-state index contributed by atoms with van der Waals surface area (Å²) >= 11 is 0. The first-order valence-corrected chi connectivity index (χ1v) is 7.29. The first kappa shape index (κ1) is 15.8. The van der Waals surface area contributed by atoms with Crippen LogP contribution >= 0.6 is 0 Å². The molecule has 2 N–H and O–H groups in total. The van der Waals surface area contributed by atoms with E-state index in [1.165, 1.54) is 13.2 Å². The molecule has 5 heteroatoms. The Morgan fingerprint density at radius 3 is 2.71 bits per heavy atom. The fourth-order valence-corrected chi connectivity index (χ4v) is 2.68. The van der Waals surface area contributed by atoms with E-state index in [0.717, 1.165) is 6.54 Å². The molecule has 1 saturated heterocycles. The summed E-state index contributed by atoms with van der Waals surface area (Å²) in [7, 11) is 1.42. The molecule has 2 rings (SSSR count). The van der Waals surface area contributed by atoms with Gasteiger partial charge in [0.15, 0.2) is 11.6 Å². The van der Waals surface area contributed by atoms with E-state index in [1.54, 1.807) is 17.0 Å². The first-order chi connectivity index (χ1) is 9.92. The van der Waals surface area contributed by atoms with Crippen molar-refractivity contribution in [2.45, 2.75) is 26.3 Å². The summed E-state index contributed by atoms with van der Waals surface area (Å²) in [4.78, 5) is 13.8. The van der Waals surface area contributed by atoms with Crippen LogP contribution in [0.5, 0.6) is 5.75 Å². The van der Waals surface area contributed by atoms with Crippen LogP contribution in [-0.2, 0) is 4.79 Å². The lowest BCUT2D eigenvalue weighted by molar-refractivity contribution is -0.128. The van der Waals surface area contributed by atoms with Crippen LogP contribution in [0, 0.1) is 17.7 Å². The third kappa shape index (κ3) is 3.53. The predicted octanol–water partition coefficient (Wildman–Crippen LogP) is 2.34. The van der Waals surface area contributed by atoms with E-state index in [1.807, 2.05) is 0 Å². The molecule has 0 bridgehead atoms. The van der Waals surface area contributed by atoms with Gasteiger partial charge in [-0.05, 0) is 29.5 Å².